The molecule has 26 heavy (non-hydrogen) atoms. The number of likely N-dealkylation sites (tertiary alicyclic amines) is 1. The molecule has 1 aromatic rings. The Hall–Kier alpha value is -1.47. The van der Waals surface area contributed by atoms with Crippen molar-refractivity contribution in [3.63, 3.8) is 0 Å². The van der Waals surface area contributed by atoms with Gasteiger partial charge in [0.2, 0.25) is 5.91 Å². The van der Waals surface area contributed by atoms with E-state index in [1.165, 1.54) is 5.56 Å². The Morgan fingerprint density at radius 2 is 2.12 bits per heavy atom. The van der Waals surface area contributed by atoms with Crippen molar-refractivity contribution in [3.05, 3.63) is 35.9 Å². The minimum absolute atomic E-state index is 0.128. The van der Waals surface area contributed by atoms with Gasteiger partial charge in [-0.3, -0.25) is 15.1 Å². The molecule has 5 unspecified atom stereocenters. The molecule has 1 aromatic carbocycles. The van der Waals surface area contributed by atoms with Crippen LogP contribution in [0.5, 0.6) is 0 Å². The second-order valence-electron chi connectivity index (χ2n) is 8.10. The third-order valence-electron chi connectivity index (χ3n) is 6.30. The molecule has 6 heteroatoms. The SMILES string of the molecule is CC(NC(=O)C1NNC2CCNCC21)C1CCN(Cc2ccccc2)C1. The van der Waals surface area contributed by atoms with E-state index in [0.29, 0.717) is 17.9 Å². The minimum atomic E-state index is -0.128. The average Bonchev–Trinajstić information content (AvgIpc) is 3.29. The van der Waals surface area contributed by atoms with Crippen molar-refractivity contribution < 1.29 is 4.79 Å². The van der Waals surface area contributed by atoms with Gasteiger partial charge in [0.25, 0.3) is 0 Å². The van der Waals surface area contributed by atoms with Crippen molar-refractivity contribution in [2.45, 2.75) is 44.4 Å². The lowest BCUT2D eigenvalue weighted by Crippen LogP contribution is -2.52. The van der Waals surface area contributed by atoms with Gasteiger partial charge in [-0.2, -0.15) is 0 Å². The van der Waals surface area contributed by atoms with Crippen LogP contribution in [0.25, 0.3) is 0 Å². The van der Waals surface area contributed by atoms with Gasteiger partial charge < -0.3 is 10.6 Å². The summed E-state index contributed by atoms with van der Waals surface area (Å²) in [5, 5.41) is 6.70. The summed E-state index contributed by atoms with van der Waals surface area (Å²) in [5.41, 5.74) is 7.89. The van der Waals surface area contributed by atoms with Crippen molar-refractivity contribution in [1.29, 1.82) is 0 Å². The minimum Gasteiger partial charge on any atom is -0.352 e. The van der Waals surface area contributed by atoms with Crippen molar-refractivity contribution in [2.75, 3.05) is 26.2 Å². The summed E-state index contributed by atoms with van der Waals surface area (Å²) >= 11 is 0. The van der Waals surface area contributed by atoms with Crippen LogP contribution < -0.4 is 21.5 Å². The summed E-state index contributed by atoms with van der Waals surface area (Å²) in [6.45, 7) is 7.26. The third-order valence-corrected chi connectivity index (χ3v) is 6.30. The molecule has 3 saturated heterocycles. The molecule has 6 nitrogen and oxygen atoms in total. The number of benzene rings is 1. The second kappa shape index (κ2) is 8.05. The zero-order valence-corrected chi connectivity index (χ0v) is 15.6. The van der Waals surface area contributed by atoms with Gasteiger partial charge in [0.1, 0.15) is 6.04 Å². The van der Waals surface area contributed by atoms with Crippen LogP contribution in [0.4, 0.5) is 0 Å². The molecular formula is C20H31N5O. The zero-order valence-electron chi connectivity index (χ0n) is 15.6. The highest BCUT2D eigenvalue weighted by Gasteiger charge is 2.41. The van der Waals surface area contributed by atoms with E-state index in [9.17, 15) is 4.79 Å². The van der Waals surface area contributed by atoms with E-state index in [1.807, 2.05) is 0 Å². The molecule has 3 aliphatic rings. The Labute approximate surface area is 156 Å². The van der Waals surface area contributed by atoms with Crippen LogP contribution in [0.2, 0.25) is 0 Å². The molecule has 142 valence electrons. The van der Waals surface area contributed by atoms with E-state index >= 15 is 0 Å². The van der Waals surface area contributed by atoms with Gasteiger partial charge in [-0.1, -0.05) is 30.3 Å². The second-order valence-corrected chi connectivity index (χ2v) is 8.10. The smallest absolute Gasteiger partial charge is 0.239 e. The first kappa shape index (κ1) is 17.9. The Bertz CT molecular complexity index is 609. The van der Waals surface area contributed by atoms with Crippen molar-refractivity contribution in [1.82, 2.24) is 26.4 Å². The molecule has 0 aromatic heterocycles. The number of nitrogens with zero attached hydrogens (tertiary/aromatic N) is 1. The molecule has 5 atom stereocenters. The molecule has 0 spiro atoms. The van der Waals surface area contributed by atoms with E-state index < -0.39 is 0 Å². The molecule has 0 saturated carbocycles. The number of rotatable bonds is 5. The van der Waals surface area contributed by atoms with Gasteiger partial charge in [-0.15, -0.1) is 0 Å². The lowest BCUT2D eigenvalue weighted by molar-refractivity contribution is -0.124. The summed E-state index contributed by atoms with van der Waals surface area (Å²) in [6, 6.07) is 11.1. The fraction of sp³-hybridized carbons (Fsp3) is 0.650. The summed E-state index contributed by atoms with van der Waals surface area (Å²) < 4.78 is 0. The lowest BCUT2D eigenvalue weighted by Gasteiger charge is -2.29. The van der Waals surface area contributed by atoms with Crippen molar-refractivity contribution >= 4 is 5.91 Å². The molecule has 3 fully saturated rings. The Morgan fingerprint density at radius 1 is 1.27 bits per heavy atom. The topological polar surface area (TPSA) is 68.4 Å². The number of nitrogens with one attached hydrogen (secondary N) is 4. The number of fused-ring (bicyclic) bond motifs is 1. The first-order valence-electron chi connectivity index (χ1n) is 9.99. The van der Waals surface area contributed by atoms with Crippen LogP contribution in [0, 0.1) is 11.8 Å². The maximum Gasteiger partial charge on any atom is 0.239 e. The van der Waals surface area contributed by atoms with Crippen LogP contribution >= 0.6 is 0 Å². The Morgan fingerprint density at radius 3 is 2.96 bits per heavy atom. The standard InChI is InChI=1S/C20H31N5O/c1-14(16-8-10-25(13-16)12-15-5-3-2-4-6-15)22-20(26)19-17-11-21-9-7-18(17)23-24-19/h2-6,14,16-19,21,23-24H,7-13H2,1H3,(H,22,26). The molecule has 0 bridgehead atoms. The summed E-state index contributed by atoms with van der Waals surface area (Å²) in [6.07, 6.45) is 2.23. The van der Waals surface area contributed by atoms with Gasteiger partial charge >= 0.3 is 0 Å². The van der Waals surface area contributed by atoms with E-state index in [2.05, 4.69) is 63.6 Å². The number of hydrogen-bond acceptors (Lipinski definition) is 5. The average molecular weight is 358 g/mol. The molecule has 4 rings (SSSR count). The fourth-order valence-corrected chi connectivity index (χ4v) is 4.66. The number of carbonyl (C=O) groups is 1. The van der Waals surface area contributed by atoms with Crippen LogP contribution in [0.15, 0.2) is 30.3 Å². The maximum atomic E-state index is 12.8. The molecular weight excluding hydrogens is 326 g/mol. The van der Waals surface area contributed by atoms with Crippen LogP contribution in [0.3, 0.4) is 0 Å². The number of amides is 1. The maximum absolute atomic E-state index is 12.8. The van der Waals surface area contributed by atoms with Crippen LogP contribution in [-0.2, 0) is 11.3 Å². The highest BCUT2D eigenvalue weighted by molar-refractivity contribution is 5.82. The first-order valence-corrected chi connectivity index (χ1v) is 9.99. The third kappa shape index (κ3) is 3.93. The molecule has 3 heterocycles. The van der Waals surface area contributed by atoms with Crippen LogP contribution in [0.1, 0.15) is 25.3 Å². The van der Waals surface area contributed by atoms with Gasteiger partial charge in [-0.05, 0) is 44.3 Å². The summed E-state index contributed by atoms with van der Waals surface area (Å²) in [7, 11) is 0. The molecule has 4 N–H and O–H groups in total. The van der Waals surface area contributed by atoms with E-state index in [1.54, 1.807) is 0 Å². The highest BCUT2D eigenvalue weighted by atomic mass is 16.2. The molecule has 0 radical (unpaired) electrons. The van der Waals surface area contributed by atoms with Crippen molar-refractivity contribution in [2.24, 2.45) is 11.8 Å². The predicted molar refractivity (Wildman–Crippen MR) is 102 cm³/mol. The monoisotopic (exact) mass is 357 g/mol. The van der Waals surface area contributed by atoms with E-state index in [4.69, 9.17) is 0 Å². The van der Waals surface area contributed by atoms with Crippen LogP contribution in [-0.4, -0.2) is 55.1 Å². The van der Waals surface area contributed by atoms with Crippen molar-refractivity contribution in [3.8, 4) is 0 Å². The summed E-state index contributed by atoms with van der Waals surface area (Å²) in [4.78, 5) is 15.3. The predicted octanol–water partition coefficient (Wildman–Crippen LogP) is 0.468. The van der Waals surface area contributed by atoms with Gasteiger partial charge in [0.05, 0.1) is 0 Å². The molecule has 3 aliphatic heterocycles. The largest absolute Gasteiger partial charge is 0.352 e. The fourth-order valence-electron chi connectivity index (χ4n) is 4.66. The van der Waals surface area contributed by atoms with Gasteiger partial charge in [0.15, 0.2) is 0 Å². The van der Waals surface area contributed by atoms with Gasteiger partial charge in [-0.25, -0.2) is 5.43 Å². The Kier molecular flexibility index (Phi) is 5.55. The molecule has 1 amide bonds. The molecule has 0 aliphatic carbocycles. The summed E-state index contributed by atoms with van der Waals surface area (Å²) in [5.74, 6) is 1.01. The van der Waals surface area contributed by atoms with Gasteiger partial charge in [0, 0.05) is 37.6 Å². The number of piperidine rings is 1. The Balaban J connectivity index is 1.27. The quantitative estimate of drug-likeness (QED) is 0.617. The van der Waals surface area contributed by atoms with E-state index in [-0.39, 0.29) is 18.0 Å². The first-order chi connectivity index (χ1) is 12.7. The normalized spacial score (nSPS) is 33.0. The number of hydrazine groups is 1. The number of hydrogen-bond donors (Lipinski definition) is 4. The lowest BCUT2D eigenvalue weighted by atomic mass is 9.88. The number of carbonyl (C=O) groups excluding carboxylic acids is 1. The zero-order chi connectivity index (χ0) is 17.9. The highest BCUT2D eigenvalue weighted by Crippen LogP contribution is 2.23. The van der Waals surface area contributed by atoms with E-state index in [0.717, 1.165) is 45.6 Å².